The summed E-state index contributed by atoms with van der Waals surface area (Å²) in [6, 6.07) is 21.1. The fourth-order valence-corrected chi connectivity index (χ4v) is 3.39. The number of nitrogens with zero attached hydrogens (tertiary/aromatic N) is 1. The fourth-order valence-electron chi connectivity index (χ4n) is 3.39. The standard InChI is InChI=1S/C21H27NO/c1-17(2)15-22-14-13-20(16-22)23-21(18-9-5-3-6-10-18)19-11-7-4-8-12-19/h3-12,17,20-21H,13-16H2,1-2H3. The molecule has 0 aromatic heterocycles. The Morgan fingerprint density at radius 2 is 1.52 bits per heavy atom. The van der Waals surface area contributed by atoms with Crippen molar-refractivity contribution in [1.82, 2.24) is 4.90 Å². The molecule has 122 valence electrons. The van der Waals surface area contributed by atoms with Crippen molar-refractivity contribution in [2.24, 2.45) is 5.92 Å². The zero-order valence-electron chi connectivity index (χ0n) is 14.2. The minimum Gasteiger partial charge on any atom is -0.364 e. The molecule has 2 heteroatoms. The average molecular weight is 309 g/mol. The van der Waals surface area contributed by atoms with Crippen LogP contribution in [-0.2, 0) is 4.74 Å². The summed E-state index contributed by atoms with van der Waals surface area (Å²) in [7, 11) is 0. The molecular formula is C21H27NO. The molecule has 0 radical (unpaired) electrons. The van der Waals surface area contributed by atoms with Gasteiger partial charge in [0.05, 0.1) is 6.10 Å². The Labute approximate surface area is 140 Å². The molecule has 0 amide bonds. The maximum absolute atomic E-state index is 6.55. The third-order valence-corrected chi connectivity index (χ3v) is 4.39. The summed E-state index contributed by atoms with van der Waals surface area (Å²) in [5, 5.41) is 0. The molecule has 1 saturated heterocycles. The van der Waals surface area contributed by atoms with E-state index in [0.29, 0.717) is 12.0 Å². The highest BCUT2D eigenvalue weighted by molar-refractivity contribution is 5.30. The summed E-state index contributed by atoms with van der Waals surface area (Å²) >= 11 is 0. The van der Waals surface area contributed by atoms with Gasteiger partial charge in [-0.2, -0.15) is 0 Å². The van der Waals surface area contributed by atoms with Crippen LogP contribution >= 0.6 is 0 Å². The Balaban J connectivity index is 1.73. The Kier molecular flexibility index (Phi) is 5.47. The van der Waals surface area contributed by atoms with Gasteiger partial charge in [-0.25, -0.2) is 0 Å². The Hall–Kier alpha value is -1.64. The molecule has 3 rings (SSSR count). The molecule has 1 unspecified atom stereocenters. The highest BCUT2D eigenvalue weighted by Gasteiger charge is 2.27. The minimum atomic E-state index is 0.0291. The highest BCUT2D eigenvalue weighted by Crippen LogP contribution is 2.29. The Bertz CT molecular complexity index is 542. The second-order valence-electron chi connectivity index (χ2n) is 6.90. The van der Waals surface area contributed by atoms with Crippen molar-refractivity contribution in [3.63, 3.8) is 0 Å². The van der Waals surface area contributed by atoms with E-state index in [1.54, 1.807) is 0 Å². The lowest BCUT2D eigenvalue weighted by molar-refractivity contribution is 0.0138. The maximum atomic E-state index is 6.55. The van der Waals surface area contributed by atoms with Crippen molar-refractivity contribution in [2.75, 3.05) is 19.6 Å². The minimum absolute atomic E-state index is 0.0291. The van der Waals surface area contributed by atoms with E-state index in [9.17, 15) is 0 Å². The van der Waals surface area contributed by atoms with Gasteiger partial charge in [0.2, 0.25) is 0 Å². The molecule has 1 aliphatic rings. The second-order valence-corrected chi connectivity index (χ2v) is 6.90. The summed E-state index contributed by atoms with van der Waals surface area (Å²) in [6.45, 7) is 7.94. The normalized spacial score (nSPS) is 18.9. The first kappa shape index (κ1) is 16.2. The first-order valence-corrected chi connectivity index (χ1v) is 8.70. The molecule has 1 atom stereocenters. The van der Waals surface area contributed by atoms with Crippen molar-refractivity contribution in [2.45, 2.75) is 32.5 Å². The van der Waals surface area contributed by atoms with E-state index in [2.05, 4.69) is 79.4 Å². The molecule has 2 nitrogen and oxygen atoms in total. The van der Waals surface area contributed by atoms with Gasteiger partial charge in [0.1, 0.15) is 6.10 Å². The number of likely N-dealkylation sites (tertiary alicyclic amines) is 1. The fraction of sp³-hybridized carbons (Fsp3) is 0.429. The first-order valence-electron chi connectivity index (χ1n) is 8.70. The number of hydrogen-bond donors (Lipinski definition) is 0. The molecule has 23 heavy (non-hydrogen) atoms. The molecule has 1 aliphatic heterocycles. The van der Waals surface area contributed by atoms with Crippen molar-refractivity contribution in [3.8, 4) is 0 Å². The van der Waals surface area contributed by atoms with Crippen LogP contribution in [0, 0.1) is 5.92 Å². The van der Waals surface area contributed by atoms with Crippen LogP contribution in [0.3, 0.4) is 0 Å². The summed E-state index contributed by atoms with van der Waals surface area (Å²) in [6.07, 6.45) is 1.48. The van der Waals surface area contributed by atoms with Gasteiger partial charge in [-0.1, -0.05) is 74.5 Å². The molecule has 0 N–H and O–H groups in total. The molecule has 0 bridgehead atoms. The molecule has 2 aromatic carbocycles. The second kappa shape index (κ2) is 7.76. The van der Waals surface area contributed by atoms with Gasteiger partial charge in [-0.15, -0.1) is 0 Å². The quantitative estimate of drug-likeness (QED) is 0.777. The van der Waals surface area contributed by atoms with Crippen LogP contribution in [0.25, 0.3) is 0 Å². The summed E-state index contributed by atoms with van der Waals surface area (Å²) in [4.78, 5) is 2.53. The van der Waals surface area contributed by atoms with Crippen molar-refractivity contribution in [1.29, 1.82) is 0 Å². The zero-order chi connectivity index (χ0) is 16.1. The first-order chi connectivity index (χ1) is 11.2. The molecule has 0 spiro atoms. The smallest absolute Gasteiger partial charge is 0.108 e. The summed E-state index contributed by atoms with van der Waals surface area (Å²) < 4.78 is 6.55. The van der Waals surface area contributed by atoms with Gasteiger partial charge in [0, 0.05) is 19.6 Å². The molecule has 0 aliphatic carbocycles. The molecular weight excluding hydrogens is 282 g/mol. The molecule has 0 saturated carbocycles. The monoisotopic (exact) mass is 309 g/mol. The van der Waals surface area contributed by atoms with E-state index < -0.39 is 0 Å². The molecule has 1 fully saturated rings. The van der Waals surface area contributed by atoms with Crippen LogP contribution in [-0.4, -0.2) is 30.6 Å². The van der Waals surface area contributed by atoms with Crippen molar-refractivity contribution in [3.05, 3.63) is 71.8 Å². The Morgan fingerprint density at radius 1 is 0.957 bits per heavy atom. The van der Waals surface area contributed by atoms with E-state index in [1.807, 2.05) is 0 Å². The van der Waals surface area contributed by atoms with E-state index in [0.717, 1.165) is 19.5 Å². The average Bonchev–Trinajstić information content (AvgIpc) is 3.00. The van der Waals surface area contributed by atoms with Crippen LogP contribution in [0.5, 0.6) is 0 Å². The van der Waals surface area contributed by atoms with E-state index >= 15 is 0 Å². The number of benzene rings is 2. The van der Waals surface area contributed by atoms with Crippen LogP contribution in [0.4, 0.5) is 0 Å². The SMILES string of the molecule is CC(C)CN1CCC(OC(c2ccccc2)c2ccccc2)C1. The van der Waals surface area contributed by atoms with Crippen LogP contribution < -0.4 is 0 Å². The topological polar surface area (TPSA) is 12.5 Å². The van der Waals surface area contributed by atoms with E-state index in [-0.39, 0.29) is 6.10 Å². The van der Waals surface area contributed by atoms with Gasteiger partial charge in [-0.3, -0.25) is 0 Å². The molecule has 2 aromatic rings. The van der Waals surface area contributed by atoms with Gasteiger partial charge in [0.15, 0.2) is 0 Å². The van der Waals surface area contributed by atoms with Crippen LogP contribution in [0.2, 0.25) is 0 Å². The van der Waals surface area contributed by atoms with E-state index in [4.69, 9.17) is 4.74 Å². The molecule has 1 heterocycles. The zero-order valence-corrected chi connectivity index (χ0v) is 14.2. The number of ether oxygens (including phenoxy) is 1. The lowest BCUT2D eigenvalue weighted by atomic mass is 10.0. The lowest BCUT2D eigenvalue weighted by Gasteiger charge is -2.24. The van der Waals surface area contributed by atoms with Crippen LogP contribution in [0.1, 0.15) is 37.5 Å². The third-order valence-electron chi connectivity index (χ3n) is 4.39. The predicted octanol–water partition coefficient (Wildman–Crippen LogP) is 4.52. The number of rotatable bonds is 6. The largest absolute Gasteiger partial charge is 0.364 e. The van der Waals surface area contributed by atoms with Gasteiger partial charge < -0.3 is 9.64 Å². The summed E-state index contributed by atoms with van der Waals surface area (Å²) in [5.74, 6) is 0.716. The maximum Gasteiger partial charge on any atom is 0.108 e. The van der Waals surface area contributed by atoms with Crippen LogP contribution in [0.15, 0.2) is 60.7 Å². The lowest BCUT2D eigenvalue weighted by Crippen LogP contribution is -2.27. The van der Waals surface area contributed by atoms with Crippen molar-refractivity contribution >= 4 is 0 Å². The van der Waals surface area contributed by atoms with Crippen molar-refractivity contribution < 1.29 is 4.74 Å². The highest BCUT2D eigenvalue weighted by atomic mass is 16.5. The number of hydrogen-bond acceptors (Lipinski definition) is 2. The summed E-state index contributed by atoms with van der Waals surface area (Å²) in [5.41, 5.74) is 2.47. The van der Waals surface area contributed by atoms with Gasteiger partial charge >= 0.3 is 0 Å². The third kappa shape index (κ3) is 4.43. The van der Waals surface area contributed by atoms with Gasteiger partial charge in [-0.05, 0) is 23.5 Å². The Morgan fingerprint density at radius 3 is 2.04 bits per heavy atom. The van der Waals surface area contributed by atoms with E-state index in [1.165, 1.54) is 17.7 Å². The van der Waals surface area contributed by atoms with Gasteiger partial charge in [0.25, 0.3) is 0 Å². The predicted molar refractivity (Wildman–Crippen MR) is 95.5 cm³/mol.